The van der Waals surface area contributed by atoms with Crippen LogP contribution in [0.2, 0.25) is 0 Å². The first-order valence-electron chi connectivity index (χ1n) is 9.75. The molecule has 1 aromatic heterocycles. The average Bonchev–Trinajstić information content (AvgIpc) is 3.24. The van der Waals surface area contributed by atoms with Crippen LogP contribution in [0.5, 0.6) is 0 Å². The maximum Gasteiger partial charge on any atom is 0.253 e. The van der Waals surface area contributed by atoms with Crippen molar-refractivity contribution in [1.82, 2.24) is 14.5 Å². The molecule has 0 spiro atoms. The van der Waals surface area contributed by atoms with Crippen molar-refractivity contribution in [2.75, 3.05) is 13.1 Å². The molecule has 28 heavy (non-hydrogen) atoms. The molecule has 0 aliphatic carbocycles. The van der Waals surface area contributed by atoms with Crippen molar-refractivity contribution in [3.05, 3.63) is 89.8 Å². The quantitative estimate of drug-likeness (QED) is 0.664. The Hall–Kier alpha value is -2.95. The van der Waals surface area contributed by atoms with Gasteiger partial charge in [0.2, 0.25) is 0 Å². The molecule has 0 N–H and O–H groups in total. The number of carbonyl (C=O) groups excluding carboxylic acids is 1. The van der Waals surface area contributed by atoms with Crippen LogP contribution < -0.4 is 0 Å². The highest BCUT2D eigenvalue weighted by molar-refractivity contribution is 5.94. The van der Waals surface area contributed by atoms with Crippen molar-refractivity contribution in [2.45, 2.75) is 31.7 Å². The van der Waals surface area contributed by atoms with E-state index in [-0.39, 0.29) is 23.7 Å². The van der Waals surface area contributed by atoms with E-state index >= 15 is 0 Å². The molecule has 0 saturated carbocycles. The van der Waals surface area contributed by atoms with E-state index in [4.69, 9.17) is 0 Å². The Morgan fingerprint density at radius 3 is 2.64 bits per heavy atom. The molecule has 0 unspecified atom stereocenters. The zero-order valence-corrected chi connectivity index (χ0v) is 16.0. The zero-order valence-electron chi connectivity index (χ0n) is 16.0. The van der Waals surface area contributed by atoms with E-state index in [1.54, 1.807) is 12.1 Å². The van der Waals surface area contributed by atoms with E-state index in [0.29, 0.717) is 12.1 Å². The highest BCUT2D eigenvalue weighted by Gasteiger charge is 2.26. The number of likely N-dealkylation sites (tertiary alicyclic amines) is 1. The maximum absolute atomic E-state index is 13.1. The van der Waals surface area contributed by atoms with Crippen molar-refractivity contribution in [3.8, 4) is 0 Å². The van der Waals surface area contributed by atoms with Crippen molar-refractivity contribution < 1.29 is 9.18 Å². The van der Waals surface area contributed by atoms with Crippen LogP contribution in [-0.2, 0) is 0 Å². The van der Waals surface area contributed by atoms with Crippen LogP contribution in [0, 0.1) is 5.82 Å². The maximum atomic E-state index is 13.1. The summed E-state index contributed by atoms with van der Waals surface area (Å²) in [6.07, 6.45) is 5.95. The minimum absolute atomic E-state index is 0.0392. The van der Waals surface area contributed by atoms with Gasteiger partial charge in [0, 0.05) is 30.8 Å². The van der Waals surface area contributed by atoms with Crippen LogP contribution in [-0.4, -0.2) is 33.4 Å². The fourth-order valence-electron chi connectivity index (χ4n) is 3.85. The van der Waals surface area contributed by atoms with Gasteiger partial charge in [-0.05, 0) is 42.7 Å². The standard InChI is InChI=1S/C23H24FN3O/c1-17(18-6-3-2-4-7-18)22-15-27(16-25-22)21-8-5-13-26(14-21)23(28)19-9-11-20(24)12-10-19/h2-4,6-7,9-12,15-17,21H,5,8,13-14H2,1H3/t17-,21+/m1/s1. The molecule has 2 heterocycles. The molecule has 1 aliphatic heterocycles. The number of aromatic nitrogens is 2. The zero-order chi connectivity index (χ0) is 19.5. The number of nitrogens with zero attached hydrogens (tertiary/aromatic N) is 3. The predicted molar refractivity (Wildman–Crippen MR) is 107 cm³/mol. The van der Waals surface area contributed by atoms with Gasteiger partial charge in [-0.1, -0.05) is 37.3 Å². The van der Waals surface area contributed by atoms with Crippen molar-refractivity contribution in [2.24, 2.45) is 0 Å². The Bertz CT molecular complexity index is 936. The first kappa shape index (κ1) is 18.4. The minimum atomic E-state index is -0.327. The Balaban J connectivity index is 1.47. The third-order valence-corrected chi connectivity index (χ3v) is 5.56. The number of rotatable bonds is 4. The highest BCUT2D eigenvalue weighted by atomic mass is 19.1. The molecule has 1 saturated heterocycles. The normalized spacial score (nSPS) is 18.1. The predicted octanol–water partition coefficient (Wildman–Crippen LogP) is 4.65. The van der Waals surface area contributed by atoms with Crippen LogP contribution >= 0.6 is 0 Å². The van der Waals surface area contributed by atoms with E-state index in [1.807, 2.05) is 29.4 Å². The van der Waals surface area contributed by atoms with Gasteiger partial charge in [0.1, 0.15) is 5.82 Å². The van der Waals surface area contributed by atoms with E-state index in [9.17, 15) is 9.18 Å². The number of hydrogen-bond donors (Lipinski definition) is 0. The lowest BCUT2D eigenvalue weighted by Crippen LogP contribution is -2.40. The summed E-state index contributed by atoms with van der Waals surface area (Å²) in [4.78, 5) is 19.3. The van der Waals surface area contributed by atoms with Gasteiger partial charge in [-0.3, -0.25) is 4.79 Å². The fourth-order valence-corrected chi connectivity index (χ4v) is 3.85. The molecule has 144 valence electrons. The van der Waals surface area contributed by atoms with Crippen molar-refractivity contribution in [1.29, 1.82) is 0 Å². The number of carbonyl (C=O) groups is 1. The smallest absolute Gasteiger partial charge is 0.253 e. The number of imidazole rings is 1. The summed E-state index contributed by atoms with van der Waals surface area (Å²) >= 11 is 0. The lowest BCUT2D eigenvalue weighted by molar-refractivity contribution is 0.0679. The van der Waals surface area contributed by atoms with Crippen molar-refractivity contribution >= 4 is 5.91 Å². The molecule has 2 atom stereocenters. The van der Waals surface area contributed by atoms with E-state index < -0.39 is 0 Å². The number of benzene rings is 2. The van der Waals surface area contributed by atoms with Crippen molar-refractivity contribution in [3.63, 3.8) is 0 Å². The largest absolute Gasteiger partial charge is 0.337 e. The second-order valence-corrected chi connectivity index (χ2v) is 7.43. The first-order valence-corrected chi connectivity index (χ1v) is 9.75. The summed E-state index contributed by atoms with van der Waals surface area (Å²) in [5.41, 5.74) is 2.81. The average molecular weight is 377 g/mol. The summed E-state index contributed by atoms with van der Waals surface area (Å²) in [5.74, 6) is -0.141. The summed E-state index contributed by atoms with van der Waals surface area (Å²) in [6, 6.07) is 16.3. The van der Waals surface area contributed by atoms with E-state index in [1.165, 1.54) is 17.7 Å². The molecule has 3 aromatic rings. The summed E-state index contributed by atoms with van der Waals surface area (Å²) < 4.78 is 15.3. The topological polar surface area (TPSA) is 38.1 Å². The fraction of sp³-hybridized carbons (Fsp3) is 0.304. The van der Waals surface area contributed by atoms with Crippen LogP contribution in [0.15, 0.2) is 67.1 Å². The summed E-state index contributed by atoms with van der Waals surface area (Å²) in [6.45, 7) is 3.54. The third-order valence-electron chi connectivity index (χ3n) is 5.56. The second-order valence-electron chi connectivity index (χ2n) is 7.43. The van der Waals surface area contributed by atoms with E-state index in [0.717, 1.165) is 25.1 Å². The van der Waals surface area contributed by atoms with Crippen LogP contribution in [0.3, 0.4) is 0 Å². The minimum Gasteiger partial charge on any atom is -0.337 e. The van der Waals surface area contributed by atoms with Crippen LogP contribution in [0.1, 0.15) is 53.3 Å². The summed E-state index contributed by atoms with van der Waals surface area (Å²) in [5, 5.41) is 0. The third kappa shape index (κ3) is 3.84. The SMILES string of the molecule is C[C@H](c1ccccc1)c1cn([C@H]2CCCN(C(=O)c3ccc(F)cc3)C2)cn1. The molecular weight excluding hydrogens is 353 g/mol. The number of piperidine rings is 1. The summed E-state index contributed by atoms with van der Waals surface area (Å²) in [7, 11) is 0. The molecule has 0 bridgehead atoms. The Morgan fingerprint density at radius 1 is 1.14 bits per heavy atom. The lowest BCUT2D eigenvalue weighted by atomic mass is 9.98. The number of amides is 1. The number of halogens is 1. The van der Waals surface area contributed by atoms with Gasteiger partial charge in [0.25, 0.3) is 5.91 Å². The van der Waals surface area contributed by atoms with Gasteiger partial charge in [-0.15, -0.1) is 0 Å². The van der Waals surface area contributed by atoms with Gasteiger partial charge in [0.05, 0.1) is 18.1 Å². The van der Waals surface area contributed by atoms with Gasteiger partial charge < -0.3 is 9.47 Å². The number of hydrogen-bond acceptors (Lipinski definition) is 2. The molecule has 1 fully saturated rings. The molecule has 4 nitrogen and oxygen atoms in total. The first-order chi connectivity index (χ1) is 13.6. The van der Waals surface area contributed by atoms with Gasteiger partial charge in [0.15, 0.2) is 0 Å². The monoisotopic (exact) mass is 377 g/mol. The molecule has 0 radical (unpaired) electrons. The van der Waals surface area contributed by atoms with Crippen LogP contribution in [0.4, 0.5) is 4.39 Å². The van der Waals surface area contributed by atoms with E-state index in [2.05, 4.69) is 34.8 Å². The highest BCUT2D eigenvalue weighted by Crippen LogP contribution is 2.27. The van der Waals surface area contributed by atoms with Gasteiger partial charge in [-0.25, -0.2) is 9.37 Å². The molecule has 1 aliphatic rings. The second kappa shape index (κ2) is 7.97. The lowest BCUT2D eigenvalue weighted by Gasteiger charge is -2.33. The van der Waals surface area contributed by atoms with Gasteiger partial charge in [-0.2, -0.15) is 0 Å². The molecule has 1 amide bonds. The Morgan fingerprint density at radius 2 is 1.89 bits per heavy atom. The molecular formula is C23H24FN3O. The molecule has 5 heteroatoms. The molecule has 2 aromatic carbocycles. The Kier molecular flexibility index (Phi) is 5.24. The Labute approximate surface area is 164 Å². The van der Waals surface area contributed by atoms with Gasteiger partial charge >= 0.3 is 0 Å². The molecule has 4 rings (SSSR count). The van der Waals surface area contributed by atoms with Crippen LogP contribution in [0.25, 0.3) is 0 Å².